The zero-order valence-electron chi connectivity index (χ0n) is 13.9. The Morgan fingerprint density at radius 1 is 1.33 bits per heavy atom. The van der Waals surface area contributed by atoms with E-state index in [0.29, 0.717) is 19.5 Å². The zero-order valence-corrected chi connectivity index (χ0v) is 13.9. The average molecular weight is 331 g/mol. The van der Waals surface area contributed by atoms with Crippen molar-refractivity contribution in [3.05, 3.63) is 35.7 Å². The minimum atomic E-state index is -0.186. The van der Waals surface area contributed by atoms with Gasteiger partial charge >= 0.3 is 11.6 Å². The van der Waals surface area contributed by atoms with Crippen LogP contribution in [0.3, 0.4) is 0 Å². The SMILES string of the molecule is CCC([O-])=C1C(=N)ON=[N+]1N1CCN(c2ccccc2OC)CC1. The quantitative estimate of drug-likeness (QED) is 0.659. The Hall–Kier alpha value is -2.77. The van der Waals surface area contributed by atoms with E-state index >= 15 is 0 Å². The Kier molecular flexibility index (Phi) is 4.54. The molecule has 128 valence electrons. The maximum Gasteiger partial charge on any atom is 0.324 e. The number of hydrogen-bond acceptors (Lipinski definition) is 7. The molecule has 2 aliphatic heterocycles. The molecule has 24 heavy (non-hydrogen) atoms. The number of methoxy groups -OCH3 is 1. The monoisotopic (exact) mass is 331 g/mol. The van der Waals surface area contributed by atoms with Crippen LogP contribution in [0.5, 0.6) is 5.75 Å². The van der Waals surface area contributed by atoms with Crippen LogP contribution in [0.15, 0.2) is 41.0 Å². The molecule has 0 aromatic heterocycles. The number of hydrazine groups is 1. The Bertz CT molecular complexity index is 693. The third-order valence-electron chi connectivity index (χ3n) is 4.16. The van der Waals surface area contributed by atoms with E-state index in [9.17, 15) is 5.11 Å². The molecule has 8 heteroatoms. The summed E-state index contributed by atoms with van der Waals surface area (Å²) in [6.07, 6.45) is 0.314. The average Bonchev–Trinajstić information content (AvgIpc) is 3.02. The van der Waals surface area contributed by atoms with E-state index in [1.165, 1.54) is 4.81 Å². The Labute approximate surface area is 140 Å². The highest BCUT2D eigenvalue weighted by Crippen LogP contribution is 2.29. The number of benzene rings is 1. The van der Waals surface area contributed by atoms with Gasteiger partial charge < -0.3 is 14.7 Å². The molecule has 1 saturated heterocycles. The molecular formula is C16H21N5O3. The fraction of sp³-hybridized carbons (Fsp3) is 0.438. The molecule has 3 rings (SSSR count). The highest BCUT2D eigenvalue weighted by Gasteiger charge is 2.39. The number of allylic oxidation sites excluding steroid dienone is 1. The topological polar surface area (TPSA) is 87.2 Å². The van der Waals surface area contributed by atoms with Crippen molar-refractivity contribution in [3.8, 4) is 5.75 Å². The lowest BCUT2D eigenvalue weighted by molar-refractivity contribution is -0.708. The van der Waals surface area contributed by atoms with Crippen molar-refractivity contribution < 1.29 is 19.5 Å². The van der Waals surface area contributed by atoms with Crippen molar-refractivity contribution >= 4 is 11.6 Å². The van der Waals surface area contributed by atoms with Crippen molar-refractivity contribution in [2.75, 3.05) is 38.2 Å². The standard InChI is InChI=1S/C16H21N5O3/c1-3-13(22)15-16(17)24-18-21(15)20-10-8-19(9-11-20)12-6-4-5-7-14(12)23-2/h4-7H,3,8-11H2,1-2H3,(H-,17,18,22). The number of anilines is 1. The Morgan fingerprint density at radius 3 is 2.71 bits per heavy atom. The molecule has 1 aromatic rings. The van der Waals surface area contributed by atoms with Crippen LogP contribution < -0.4 is 14.7 Å². The summed E-state index contributed by atoms with van der Waals surface area (Å²) in [5, 5.41) is 25.6. The van der Waals surface area contributed by atoms with Gasteiger partial charge in [-0.15, -0.1) is 5.01 Å². The summed E-state index contributed by atoms with van der Waals surface area (Å²) in [5.41, 5.74) is 1.26. The van der Waals surface area contributed by atoms with Crippen molar-refractivity contribution in [1.29, 1.82) is 5.41 Å². The van der Waals surface area contributed by atoms with Gasteiger partial charge in [-0.25, -0.2) is 0 Å². The molecule has 0 amide bonds. The molecular weight excluding hydrogens is 310 g/mol. The summed E-state index contributed by atoms with van der Waals surface area (Å²) < 4.78 is 5.42. The van der Waals surface area contributed by atoms with Gasteiger partial charge in [0.25, 0.3) is 0 Å². The predicted octanol–water partition coefficient (Wildman–Crippen LogP) is 1.10. The van der Waals surface area contributed by atoms with Crippen LogP contribution in [0, 0.1) is 5.41 Å². The molecule has 0 spiro atoms. The summed E-state index contributed by atoms with van der Waals surface area (Å²) >= 11 is 0. The summed E-state index contributed by atoms with van der Waals surface area (Å²) in [4.78, 5) is 8.58. The van der Waals surface area contributed by atoms with E-state index in [4.69, 9.17) is 15.0 Å². The van der Waals surface area contributed by atoms with E-state index in [0.717, 1.165) is 24.5 Å². The number of nitrogens with zero attached hydrogens (tertiary/aromatic N) is 4. The minimum Gasteiger partial charge on any atom is -0.871 e. The van der Waals surface area contributed by atoms with Gasteiger partial charge in [0.2, 0.25) is 5.28 Å². The van der Waals surface area contributed by atoms with E-state index in [-0.39, 0.29) is 17.4 Å². The van der Waals surface area contributed by atoms with Gasteiger partial charge in [-0.05, 0) is 24.3 Å². The van der Waals surface area contributed by atoms with Gasteiger partial charge in [0.15, 0.2) is 0 Å². The minimum absolute atomic E-state index is 0.145. The third-order valence-corrected chi connectivity index (χ3v) is 4.16. The zero-order chi connectivity index (χ0) is 17.1. The summed E-state index contributed by atoms with van der Waals surface area (Å²) in [7, 11) is 1.67. The van der Waals surface area contributed by atoms with Crippen molar-refractivity contribution in [2.45, 2.75) is 13.3 Å². The Balaban J connectivity index is 1.73. The van der Waals surface area contributed by atoms with Crippen LogP contribution in [0.25, 0.3) is 0 Å². The van der Waals surface area contributed by atoms with Crippen LogP contribution in [0.2, 0.25) is 0 Å². The molecule has 0 atom stereocenters. The third kappa shape index (κ3) is 2.86. The van der Waals surface area contributed by atoms with Crippen LogP contribution in [-0.2, 0) is 4.84 Å². The first-order valence-corrected chi connectivity index (χ1v) is 7.95. The van der Waals surface area contributed by atoms with Gasteiger partial charge in [0, 0.05) is 13.1 Å². The molecule has 1 N–H and O–H groups in total. The first-order valence-electron chi connectivity index (χ1n) is 7.95. The molecule has 8 nitrogen and oxygen atoms in total. The lowest BCUT2D eigenvalue weighted by atomic mass is 10.2. The highest BCUT2D eigenvalue weighted by atomic mass is 16.7. The van der Waals surface area contributed by atoms with E-state index in [2.05, 4.69) is 10.2 Å². The molecule has 0 unspecified atom stereocenters. The van der Waals surface area contributed by atoms with Crippen LogP contribution in [0.4, 0.5) is 5.69 Å². The lowest BCUT2D eigenvalue weighted by Gasteiger charge is -2.33. The molecule has 2 heterocycles. The van der Waals surface area contributed by atoms with Crippen LogP contribution in [0.1, 0.15) is 13.3 Å². The highest BCUT2D eigenvalue weighted by molar-refractivity contribution is 5.89. The van der Waals surface area contributed by atoms with E-state index in [1.54, 1.807) is 14.0 Å². The number of ether oxygens (including phenoxy) is 1. The van der Waals surface area contributed by atoms with Crippen molar-refractivity contribution in [2.24, 2.45) is 5.28 Å². The maximum atomic E-state index is 12.0. The van der Waals surface area contributed by atoms with E-state index < -0.39 is 0 Å². The smallest absolute Gasteiger partial charge is 0.324 e. The predicted molar refractivity (Wildman–Crippen MR) is 85.6 cm³/mol. The van der Waals surface area contributed by atoms with Gasteiger partial charge in [-0.1, -0.05) is 19.1 Å². The second-order valence-corrected chi connectivity index (χ2v) is 5.53. The molecule has 1 aromatic carbocycles. The van der Waals surface area contributed by atoms with Crippen molar-refractivity contribution in [3.63, 3.8) is 0 Å². The maximum absolute atomic E-state index is 12.0. The molecule has 1 fully saturated rings. The number of para-hydroxylation sites is 2. The molecule has 0 aliphatic carbocycles. The number of hydrogen-bond donors (Lipinski definition) is 1. The lowest BCUT2D eigenvalue weighted by Crippen LogP contribution is -2.50. The molecule has 0 radical (unpaired) electrons. The summed E-state index contributed by atoms with van der Waals surface area (Å²) in [6, 6.07) is 7.91. The summed E-state index contributed by atoms with van der Waals surface area (Å²) in [5.74, 6) is 0.512. The second kappa shape index (κ2) is 6.77. The number of rotatable bonds is 4. The fourth-order valence-corrected chi connectivity index (χ4v) is 2.87. The van der Waals surface area contributed by atoms with E-state index in [1.807, 2.05) is 29.3 Å². The van der Waals surface area contributed by atoms with Gasteiger partial charge in [-0.3, -0.25) is 10.2 Å². The molecule has 0 saturated carbocycles. The number of piperazine rings is 1. The Morgan fingerprint density at radius 2 is 2.04 bits per heavy atom. The first kappa shape index (κ1) is 16.1. The fourth-order valence-electron chi connectivity index (χ4n) is 2.87. The molecule has 0 bridgehead atoms. The van der Waals surface area contributed by atoms with Crippen LogP contribution in [-0.4, -0.2) is 49.0 Å². The summed E-state index contributed by atoms with van der Waals surface area (Å²) in [6.45, 7) is 4.61. The van der Waals surface area contributed by atoms with Gasteiger partial charge in [0.05, 0.1) is 30.7 Å². The largest absolute Gasteiger partial charge is 0.871 e. The second-order valence-electron chi connectivity index (χ2n) is 5.53. The molecule has 2 aliphatic rings. The van der Waals surface area contributed by atoms with Crippen LogP contribution >= 0.6 is 0 Å². The number of nitrogens with one attached hydrogen (secondary N) is 1. The van der Waals surface area contributed by atoms with Gasteiger partial charge in [0.1, 0.15) is 5.75 Å². The van der Waals surface area contributed by atoms with Crippen molar-refractivity contribution in [1.82, 2.24) is 5.01 Å². The normalized spacial score (nSPS) is 19.9. The van der Waals surface area contributed by atoms with Gasteiger partial charge in [-0.2, -0.15) is 0 Å². The first-order chi connectivity index (χ1) is 11.7.